The van der Waals surface area contributed by atoms with Crippen molar-refractivity contribution in [3.63, 3.8) is 0 Å². The zero-order valence-corrected chi connectivity index (χ0v) is 15.2. The molecule has 20 heavy (non-hydrogen) atoms. The van der Waals surface area contributed by atoms with E-state index in [1.165, 1.54) is 5.56 Å². The van der Waals surface area contributed by atoms with Crippen LogP contribution in [0.2, 0.25) is 0 Å². The predicted molar refractivity (Wildman–Crippen MR) is 90.6 cm³/mol. The number of nitrogens with one attached hydrogen (secondary N) is 1. The smallest absolute Gasteiger partial charge is 0.119 e. The van der Waals surface area contributed by atoms with Gasteiger partial charge in [0.2, 0.25) is 0 Å². The van der Waals surface area contributed by atoms with Crippen LogP contribution in [-0.4, -0.2) is 19.2 Å². The Morgan fingerprint density at radius 3 is 2.35 bits per heavy atom. The first kappa shape index (κ1) is 17.5. The largest absolute Gasteiger partial charge is 0.497 e. The summed E-state index contributed by atoms with van der Waals surface area (Å²) in [6.45, 7) is 12.3. The fraction of sp³-hybridized carbons (Fsp3) is 0.647. The van der Waals surface area contributed by atoms with Gasteiger partial charge in [0.1, 0.15) is 5.75 Å². The first-order valence-electron chi connectivity index (χ1n) is 7.20. The highest BCUT2D eigenvalue weighted by Crippen LogP contribution is 2.31. The molecule has 0 unspecified atom stereocenters. The van der Waals surface area contributed by atoms with Crippen molar-refractivity contribution in [3.05, 3.63) is 28.2 Å². The van der Waals surface area contributed by atoms with E-state index < -0.39 is 0 Å². The molecule has 0 atom stereocenters. The highest BCUT2D eigenvalue weighted by atomic mass is 79.9. The van der Waals surface area contributed by atoms with E-state index in [1.807, 2.05) is 6.07 Å². The minimum absolute atomic E-state index is 0.187. The molecule has 0 amide bonds. The molecule has 1 rings (SSSR count). The van der Waals surface area contributed by atoms with Crippen molar-refractivity contribution in [2.75, 3.05) is 13.7 Å². The topological polar surface area (TPSA) is 21.3 Å². The molecular weight excluding hydrogens is 314 g/mol. The molecule has 2 nitrogen and oxygen atoms in total. The van der Waals surface area contributed by atoms with Crippen LogP contribution in [0, 0.1) is 5.41 Å². The van der Waals surface area contributed by atoms with Gasteiger partial charge in [0, 0.05) is 10.0 Å². The summed E-state index contributed by atoms with van der Waals surface area (Å²) in [6, 6.07) is 6.18. The fourth-order valence-corrected chi connectivity index (χ4v) is 2.58. The molecule has 0 saturated heterocycles. The van der Waals surface area contributed by atoms with Gasteiger partial charge in [-0.25, -0.2) is 0 Å². The molecule has 0 aromatic heterocycles. The molecule has 0 saturated carbocycles. The van der Waals surface area contributed by atoms with Crippen LogP contribution in [-0.2, 0) is 6.42 Å². The van der Waals surface area contributed by atoms with Crippen molar-refractivity contribution in [1.82, 2.24) is 5.32 Å². The van der Waals surface area contributed by atoms with Gasteiger partial charge < -0.3 is 10.1 Å². The Morgan fingerprint density at radius 2 is 1.80 bits per heavy atom. The van der Waals surface area contributed by atoms with Crippen molar-refractivity contribution in [3.8, 4) is 5.75 Å². The van der Waals surface area contributed by atoms with Crippen molar-refractivity contribution >= 4 is 15.9 Å². The lowest BCUT2D eigenvalue weighted by Crippen LogP contribution is -2.38. The Balaban J connectivity index is 2.65. The molecular formula is C17H28BrNO. The van der Waals surface area contributed by atoms with Gasteiger partial charge in [-0.1, -0.05) is 29.8 Å². The van der Waals surface area contributed by atoms with E-state index in [0.29, 0.717) is 0 Å². The van der Waals surface area contributed by atoms with Gasteiger partial charge in [0.15, 0.2) is 0 Å². The molecule has 0 aliphatic rings. The molecule has 0 spiro atoms. The van der Waals surface area contributed by atoms with Gasteiger partial charge in [-0.2, -0.15) is 0 Å². The maximum absolute atomic E-state index is 5.32. The SMILES string of the molecule is COc1ccc(Br)c(CC(C)(C)CCNC(C)(C)C)c1. The monoisotopic (exact) mass is 341 g/mol. The maximum atomic E-state index is 5.32. The Bertz CT molecular complexity index is 435. The number of hydrogen-bond donors (Lipinski definition) is 1. The Labute approximate surface area is 132 Å². The third-order valence-corrected chi connectivity index (χ3v) is 4.15. The minimum atomic E-state index is 0.187. The summed E-state index contributed by atoms with van der Waals surface area (Å²) < 4.78 is 6.48. The summed E-state index contributed by atoms with van der Waals surface area (Å²) in [5.74, 6) is 0.923. The second kappa shape index (κ2) is 6.95. The number of ether oxygens (including phenoxy) is 1. The lowest BCUT2D eigenvalue weighted by atomic mass is 9.82. The summed E-state index contributed by atoms with van der Waals surface area (Å²) in [5.41, 5.74) is 1.75. The third kappa shape index (κ3) is 6.27. The van der Waals surface area contributed by atoms with Crippen LogP contribution in [0.4, 0.5) is 0 Å². The van der Waals surface area contributed by atoms with Gasteiger partial charge in [-0.05, 0) is 69.3 Å². The molecule has 0 bridgehead atoms. The molecule has 0 aliphatic carbocycles. The Morgan fingerprint density at radius 1 is 1.15 bits per heavy atom. The number of halogens is 1. The van der Waals surface area contributed by atoms with Gasteiger partial charge in [0.25, 0.3) is 0 Å². The quantitative estimate of drug-likeness (QED) is 0.801. The first-order chi connectivity index (χ1) is 9.13. The molecule has 1 aromatic rings. The van der Waals surface area contributed by atoms with E-state index in [1.54, 1.807) is 7.11 Å². The lowest BCUT2D eigenvalue weighted by Gasteiger charge is -2.28. The van der Waals surface area contributed by atoms with Crippen LogP contribution in [0.25, 0.3) is 0 Å². The highest BCUT2D eigenvalue weighted by Gasteiger charge is 2.21. The number of methoxy groups -OCH3 is 1. The zero-order chi connectivity index (χ0) is 15.4. The molecule has 1 N–H and O–H groups in total. The molecule has 0 aliphatic heterocycles. The van der Waals surface area contributed by atoms with Crippen molar-refractivity contribution in [1.29, 1.82) is 0 Å². The number of hydrogen-bond acceptors (Lipinski definition) is 2. The minimum Gasteiger partial charge on any atom is -0.497 e. The van der Waals surface area contributed by atoms with E-state index >= 15 is 0 Å². The van der Waals surface area contributed by atoms with Crippen molar-refractivity contribution in [2.24, 2.45) is 5.41 Å². The molecule has 0 radical (unpaired) electrons. The first-order valence-corrected chi connectivity index (χ1v) is 8.00. The van der Waals surface area contributed by atoms with Crippen LogP contribution in [0.15, 0.2) is 22.7 Å². The van der Waals surface area contributed by atoms with E-state index in [9.17, 15) is 0 Å². The fourth-order valence-electron chi connectivity index (χ4n) is 2.19. The molecule has 3 heteroatoms. The molecule has 1 aromatic carbocycles. The van der Waals surface area contributed by atoms with E-state index in [2.05, 4.69) is 68.0 Å². The number of benzene rings is 1. The van der Waals surface area contributed by atoms with Gasteiger partial charge in [-0.15, -0.1) is 0 Å². The molecule has 0 heterocycles. The maximum Gasteiger partial charge on any atom is 0.119 e. The van der Waals surface area contributed by atoms with Crippen LogP contribution in [0.3, 0.4) is 0 Å². The second-order valence-electron chi connectivity index (χ2n) is 7.23. The zero-order valence-electron chi connectivity index (χ0n) is 13.6. The van der Waals surface area contributed by atoms with Crippen LogP contribution < -0.4 is 10.1 Å². The van der Waals surface area contributed by atoms with Crippen molar-refractivity contribution in [2.45, 2.75) is 53.0 Å². The van der Waals surface area contributed by atoms with E-state index in [0.717, 1.165) is 29.6 Å². The summed E-state index contributed by atoms with van der Waals surface area (Å²) >= 11 is 3.64. The molecule has 114 valence electrons. The third-order valence-electron chi connectivity index (χ3n) is 3.38. The lowest BCUT2D eigenvalue weighted by molar-refractivity contribution is 0.301. The summed E-state index contributed by atoms with van der Waals surface area (Å²) in [6.07, 6.45) is 2.19. The van der Waals surface area contributed by atoms with Crippen molar-refractivity contribution < 1.29 is 4.74 Å². The molecule has 0 fully saturated rings. The Kier molecular flexibility index (Phi) is 6.08. The summed E-state index contributed by atoms with van der Waals surface area (Å²) in [5, 5.41) is 3.56. The Hall–Kier alpha value is -0.540. The van der Waals surface area contributed by atoms with E-state index in [-0.39, 0.29) is 11.0 Å². The predicted octanol–water partition coefficient (Wildman–Crippen LogP) is 4.80. The van der Waals surface area contributed by atoms with Gasteiger partial charge >= 0.3 is 0 Å². The number of rotatable bonds is 6. The van der Waals surface area contributed by atoms with Gasteiger partial charge in [-0.3, -0.25) is 0 Å². The van der Waals surface area contributed by atoms with Gasteiger partial charge in [0.05, 0.1) is 7.11 Å². The second-order valence-corrected chi connectivity index (χ2v) is 8.08. The summed E-state index contributed by atoms with van der Waals surface area (Å²) in [7, 11) is 1.71. The van der Waals surface area contributed by atoms with Crippen LogP contribution >= 0.6 is 15.9 Å². The van der Waals surface area contributed by atoms with Crippen LogP contribution in [0.5, 0.6) is 5.75 Å². The highest BCUT2D eigenvalue weighted by molar-refractivity contribution is 9.10. The standard InChI is InChI=1S/C17H28BrNO/c1-16(2,3)19-10-9-17(4,5)12-13-11-14(20-6)7-8-15(13)18/h7-8,11,19H,9-10,12H2,1-6H3. The van der Waals surface area contributed by atoms with E-state index in [4.69, 9.17) is 4.74 Å². The average Bonchev–Trinajstić information content (AvgIpc) is 2.29. The average molecular weight is 342 g/mol. The summed E-state index contributed by atoms with van der Waals surface area (Å²) in [4.78, 5) is 0. The van der Waals surface area contributed by atoms with Crippen LogP contribution in [0.1, 0.15) is 46.6 Å². The normalized spacial score (nSPS) is 12.6.